The summed E-state index contributed by atoms with van der Waals surface area (Å²) in [4.78, 5) is 14.8. The molecular weight excluding hydrogens is 367 g/mol. The van der Waals surface area contributed by atoms with E-state index >= 15 is 0 Å². The van der Waals surface area contributed by atoms with E-state index in [1.165, 1.54) is 0 Å². The molecule has 3 heterocycles. The summed E-state index contributed by atoms with van der Waals surface area (Å²) in [5.41, 5.74) is 0. The second-order valence-corrected chi connectivity index (χ2v) is 5.59. The number of anilines is 1. The van der Waals surface area contributed by atoms with Crippen LogP contribution < -0.4 is 4.90 Å². The maximum absolute atomic E-state index is 5.95. The van der Waals surface area contributed by atoms with Gasteiger partial charge in [-0.15, -0.1) is 0 Å². The fraction of sp³-hybridized carbons (Fsp3) is 0.400. The molecule has 2 aromatic rings. The lowest BCUT2D eigenvalue weighted by Gasteiger charge is -2.15. The number of hydrogen-bond donors (Lipinski definition) is 0. The average Bonchev–Trinajstić information content (AvgIpc) is 2.98. The highest BCUT2D eigenvalue weighted by Crippen LogP contribution is 2.18. The van der Waals surface area contributed by atoms with Crippen LogP contribution in [0.25, 0.3) is 5.95 Å². The van der Waals surface area contributed by atoms with Crippen molar-refractivity contribution < 1.29 is 0 Å². The summed E-state index contributed by atoms with van der Waals surface area (Å²) in [7, 11) is 0. The van der Waals surface area contributed by atoms with Crippen LogP contribution in [-0.4, -0.2) is 37.8 Å². The molecule has 18 heavy (non-hydrogen) atoms. The second kappa shape index (κ2) is 4.96. The van der Waals surface area contributed by atoms with E-state index in [-0.39, 0.29) is 5.28 Å². The molecule has 0 aliphatic carbocycles. The molecule has 0 saturated carbocycles. The first-order valence-electron chi connectivity index (χ1n) is 5.59. The minimum absolute atomic E-state index is 0.201. The molecule has 0 bridgehead atoms. The van der Waals surface area contributed by atoms with Gasteiger partial charge in [-0.1, -0.05) is 0 Å². The highest BCUT2D eigenvalue weighted by atomic mass is 127. The smallest absolute Gasteiger partial charge is 0.256 e. The Morgan fingerprint density at radius 1 is 1.11 bits per heavy atom. The van der Waals surface area contributed by atoms with E-state index in [0.29, 0.717) is 11.9 Å². The third-order valence-electron chi connectivity index (χ3n) is 2.73. The minimum atomic E-state index is 0.201. The zero-order valence-corrected chi connectivity index (χ0v) is 12.3. The Hall–Kier alpha value is -0.960. The number of hydrogen-bond acceptors (Lipinski definition) is 5. The minimum Gasteiger partial charge on any atom is -0.341 e. The van der Waals surface area contributed by atoms with Crippen molar-refractivity contribution in [2.45, 2.75) is 12.8 Å². The van der Waals surface area contributed by atoms with Gasteiger partial charge < -0.3 is 4.90 Å². The molecule has 8 heteroatoms. The van der Waals surface area contributed by atoms with E-state index in [1.807, 2.05) is 6.20 Å². The molecule has 0 atom stereocenters. The predicted molar refractivity (Wildman–Crippen MR) is 76.1 cm³/mol. The molecule has 1 saturated heterocycles. The largest absolute Gasteiger partial charge is 0.341 e. The van der Waals surface area contributed by atoms with Crippen molar-refractivity contribution in [1.82, 2.24) is 24.7 Å². The Balaban J connectivity index is 1.99. The number of halogens is 2. The molecule has 0 unspecified atom stereocenters. The quantitative estimate of drug-likeness (QED) is 0.750. The third kappa shape index (κ3) is 2.41. The fourth-order valence-corrected chi connectivity index (χ4v) is 2.44. The lowest BCUT2D eigenvalue weighted by Crippen LogP contribution is -2.21. The van der Waals surface area contributed by atoms with Crippen molar-refractivity contribution in [1.29, 1.82) is 0 Å². The molecule has 3 rings (SSSR count). The van der Waals surface area contributed by atoms with E-state index in [2.05, 4.69) is 47.5 Å². The van der Waals surface area contributed by atoms with Gasteiger partial charge >= 0.3 is 0 Å². The molecule has 1 fully saturated rings. The monoisotopic (exact) mass is 376 g/mol. The van der Waals surface area contributed by atoms with E-state index < -0.39 is 0 Å². The predicted octanol–water partition coefficient (Wildman–Crippen LogP) is 1.92. The normalized spacial score (nSPS) is 15.3. The Labute approximate surface area is 123 Å². The Morgan fingerprint density at radius 2 is 1.83 bits per heavy atom. The third-order valence-corrected chi connectivity index (χ3v) is 3.46. The van der Waals surface area contributed by atoms with Crippen LogP contribution in [-0.2, 0) is 0 Å². The summed E-state index contributed by atoms with van der Waals surface area (Å²) in [5.74, 6) is 1.09. The van der Waals surface area contributed by atoms with Gasteiger partial charge in [0.05, 0.1) is 9.77 Å². The van der Waals surface area contributed by atoms with Crippen LogP contribution in [0.3, 0.4) is 0 Å². The van der Waals surface area contributed by atoms with Crippen LogP contribution in [0.5, 0.6) is 0 Å². The first-order valence-corrected chi connectivity index (χ1v) is 7.05. The van der Waals surface area contributed by atoms with Gasteiger partial charge in [0.2, 0.25) is 11.2 Å². The molecule has 0 radical (unpaired) electrons. The van der Waals surface area contributed by atoms with Gasteiger partial charge in [0, 0.05) is 19.3 Å². The van der Waals surface area contributed by atoms with Gasteiger partial charge in [0.15, 0.2) is 0 Å². The molecule has 0 N–H and O–H groups in total. The van der Waals surface area contributed by atoms with Crippen molar-refractivity contribution in [2.24, 2.45) is 0 Å². The summed E-state index contributed by atoms with van der Waals surface area (Å²) in [5, 5.41) is 4.38. The van der Waals surface area contributed by atoms with Crippen molar-refractivity contribution in [3.05, 3.63) is 21.2 Å². The molecule has 94 valence electrons. The van der Waals surface area contributed by atoms with E-state index in [1.54, 1.807) is 10.9 Å². The molecular formula is C10H10ClIN6. The van der Waals surface area contributed by atoms with Gasteiger partial charge in [0.25, 0.3) is 5.95 Å². The maximum atomic E-state index is 5.95. The summed E-state index contributed by atoms with van der Waals surface area (Å²) in [6.45, 7) is 1.94. The molecule has 1 aliphatic rings. The summed E-state index contributed by atoms with van der Waals surface area (Å²) in [6.07, 6.45) is 5.92. The van der Waals surface area contributed by atoms with Crippen LogP contribution in [0, 0.1) is 3.57 Å². The summed E-state index contributed by atoms with van der Waals surface area (Å²) in [6, 6.07) is 0. The average molecular weight is 377 g/mol. The van der Waals surface area contributed by atoms with Crippen molar-refractivity contribution in [2.75, 3.05) is 18.0 Å². The first-order chi connectivity index (χ1) is 8.72. The standard InChI is InChI=1S/C10H10ClIN6/c11-8-14-9(17-3-1-2-4-17)16-10(15-8)18-6-7(12)5-13-18/h5-6H,1-4H2. The van der Waals surface area contributed by atoms with E-state index in [4.69, 9.17) is 11.6 Å². The van der Waals surface area contributed by atoms with Gasteiger partial charge in [-0.05, 0) is 47.0 Å². The van der Waals surface area contributed by atoms with Gasteiger partial charge in [-0.25, -0.2) is 4.68 Å². The van der Waals surface area contributed by atoms with Crippen LogP contribution in [0.15, 0.2) is 12.4 Å². The highest BCUT2D eigenvalue weighted by Gasteiger charge is 2.17. The molecule has 6 nitrogen and oxygen atoms in total. The molecule has 0 aromatic carbocycles. The van der Waals surface area contributed by atoms with E-state index in [0.717, 1.165) is 29.5 Å². The van der Waals surface area contributed by atoms with E-state index in [9.17, 15) is 0 Å². The van der Waals surface area contributed by atoms with Crippen LogP contribution in [0.1, 0.15) is 12.8 Å². The van der Waals surface area contributed by atoms with Gasteiger partial charge in [-0.2, -0.15) is 20.1 Å². The molecule has 0 spiro atoms. The Bertz CT molecular complexity index is 565. The number of nitrogens with zero attached hydrogens (tertiary/aromatic N) is 6. The van der Waals surface area contributed by atoms with Gasteiger partial charge in [0.1, 0.15) is 0 Å². The highest BCUT2D eigenvalue weighted by molar-refractivity contribution is 14.1. The second-order valence-electron chi connectivity index (χ2n) is 4.00. The van der Waals surface area contributed by atoms with Crippen molar-refractivity contribution >= 4 is 40.1 Å². The molecule has 1 aliphatic heterocycles. The van der Waals surface area contributed by atoms with Crippen LogP contribution >= 0.6 is 34.2 Å². The lowest BCUT2D eigenvalue weighted by atomic mass is 10.4. The van der Waals surface area contributed by atoms with Crippen molar-refractivity contribution in [3.63, 3.8) is 0 Å². The summed E-state index contributed by atoms with van der Waals surface area (Å²) >= 11 is 8.14. The Morgan fingerprint density at radius 3 is 2.50 bits per heavy atom. The maximum Gasteiger partial charge on any atom is 0.256 e. The zero-order valence-electron chi connectivity index (χ0n) is 9.42. The summed E-state index contributed by atoms with van der Waals surface area (Å²) < 4.78 is 2.63. The van der Waals surface area contributed by atoms with Crippen LogP contribution in [0.4, 0.5) is 5.95 Å². The first kappa shape index (κ1) is 12.1. The molecule has 2 aromatic heterocycles. The SMILES string of the molecule is Clc1nc(N2CCCC2)nc(-n2cc(I)cn2)n1. The van der Waals surface area contributed by atoms with Crippen molar-refractivity contribution in [3.8, 4) is 5.95 Å². The number of aromatic nitrogens is 5. The molecule has 0 amide bonds. The Kier molecular flexibility index (Phi) is 3.33. The number of rotatable bonds is 2. The lowest BCUT2D eigenvalue weighted by molar-refractivity contribution is 0.778. The fourth-order valence-electron chi connectivity index (χ4n) is 1.90. The zero-order chi connectivity index (χ0) is 12.5. The van der Waals surface area contributed by atoms with Crippen LogP contribution in [0.2, 0.25) is 5.28 Å². The van der Waals surface area contributed by atoms with Gasteiger partial charge in [-0.3, -0.25) is 0 Å². The topological polar surface area (TPSA) is 59.7 Å².